The average Bonchev–Trinajstić information content (AvgIpc) is 2.71. The van der Waals surface area contributed by atoms with Gasteiger partial charge >= 0.3 is 0 Å². The van der Waals surface area contributed by atoms with Crippen LogP contribution in [0.2, 0.25) is 0 Å². The first-order chi connectivity index (χ1) is 9.34. The Bertz CT molecular complexity index is 510. The van der Waals surface area contributed by atoms with Crippen LogP contribution < -0.4 is 0 Å². The predicted molar refractivity (Wildman–Crippen MR) is 81.4 cm³/mol. The van der Waals surface area contributed by atoms with Crippen LogP contribution in [-0.2, 0) is 6.42 Å². The maximum Gasteiger partial charge on any atom is 0.0629 e. The largest absolute Gasteiger partial charge is 0.392 e. The monoisotopic (exact) mass is 273 g/mol. The molecule has 0 aromatic carbocycles. The molecule has 2 aliphatic rings. The van der Waals surface area contributed by atoms with Crippen LogP contribution in [0.25, 0.3) is 0 Å². The summed E-state index contributed by atoms with van der Waals surface area (Å²) < 4.78 is 0. The van der Waals surface area contributed by atoms with Crippen molar-refractivity contribution in [3.05, 3.63) is 29.6 Å². The van der Waals surface area contributed by atoms with Crippen molar-refractivity contribution >= 4 is 0 Å². The SMILES string of the molecule is Cc1cccc(CC(O)C2CC3CCC2(C)C3(C)C)n1. The Hall–Kier alpha value is -0.890. The van der Waals surface area contributed by atoms with Gasteiger partial charge in [0, 0.05) is 17.8 Å². The van der Waals surface area contributed by atoms with E-state index in [4.69, 9.17) is 0 Å². The van der Waals surface area contributed by atoms with Gasteiger partial charge in [0.25, 0.3) is 0 Å². The van der Waals surface area contributed by atoms with Crippen molar-refractivity contribution in [3.8, 4) is 0 Å². The number of aryl methyl sites for hydroxylation is 1. The Kier molecular flexibility index (Phi) is 3.20. The van der Waals surface area contributed by atoms with E-state index < -0.39 is 0 Å². The van der Waals surface area contributed by atoms with Gasteiger partial charge in [0.05, 0.1) is 6.10 Å². The Morgan fingerprint density at radius 2 is 2.10 bits per heavy atom. The standard InChI is InChI=1S/C18H27NO/c1-12-6-5-7-14(19-12)11-16(20)15-10-13-8-9-18(15,4)17(13,2)3/h5-7,13,15-16,20H,8-11H2,1-4H3. The molecule has 20 heavy (non-hydrogen) atoms. The molecule has 4 unspecified atom stereocenters. The van der Waals surface area contributed by atoms with Gasteiger partial charge in [-0.05, 0) is 61.0 Å². The molecular formula is C18H27NO. The van der Waals surface area contributed by atoms with Crippen LogP contribution in [-0.4, -0.2) is 16.2 Å². The van der Waals surface area contributed by atoms with Gasteiger partial charge < -0.3 is 5.11 Å². The Balaban J connectivity index is 1.78. The average molecular weight is 273 g/mol. The molecular weight excluding hydrogens is 246 g/mol. The molecule has 1 N–H and O–H groups in total. The Labute approximate surface area is 122 Å². The van der Waals surface area contributed by atoms with E-state index in [0.717, 1.165) is 17.3 Å². The Morgan fingerprint density at radius 1 is 1.35 bits per heavy atom. The highest BCUT2D eigenvalue weighted by Crippen LogP contribution is 2.68. The van der Waals surface area contributed by atoms with Gasteiger partial charge in [-0.25, -0.2) is 0 Å². The minimum atomic E-state index is -0.251. The van der Waals surface area contributed by atoms with Crippen LogP contribution in [0, 0.1) is 29.6 Å². The zero-order chi connectivity index (χ0) is 14.5. The van der Waals surface area contributed by atoms with Gasteiger partial charge in [-0.15, -0.1) is 0 Å². The molecule has 2 fully saturated rings. The summed E-state index contributed by atoms with van der Waals surface area (Å²) in [4.78, 5) is 4.55. The van der Waals surface area contributed by atoms with Crippen molar-refractivity contribution in [1.29, 1.82) is 0 Å². The van der Waals surface area contributed by atoms with Gasteiger partial charge in [0.2, 0.25) is 0 Å². The van der Waals surface area contributed by atoms with Crippen LogP contribution in [0.4, 0.5) is 0 Å². The molecule has 0 saturated heterocycles. The van der Waals surface area contributed by atoms with Crippen LogP contribution in [0.1, 0.15) is 51.4 Å². The lowest BCUT2D eigenvalue weighted by atomic mass is 9.65. The molecule has 2 nitrogen and oxygen atoms in total. The highest BCUT2D eigenvalue weighted by Gasteiger charge is 2.62. The molecule has 110 valence electrons. The zero-order valence-corrected chi connectivity index (χ0v) is 13.2. The number of hydrogen-bond acceptors (Lipinski definition) is 2. The molecule has 1 heterocycles. The molecule has 3 rings (SSSR count). The second-order valence-corrected chi connectivity index (χ2v) is 7.76. The van der Waals surface area contributed by atoms with E-state index >= 15 is 0 Å². The number of hydrogen-bond donors (Lipinski definition) is 1. The van der Waals surface area contributed by atoms with Crippen LogP contribution in [0.5, 0.6) is 0 Å². The van der Waals surface area contributed by atoms with Gasteiger partial charge in [-0.3, -0.25) is 4.98 Å². The summed E-state index contributed by atoms with van der Waals surface area (Å²) in [7, 11) is 0. The van der Waals surface area contributed by atoms with Gasteiger partial charge in [-0.2, -0.15) is 0 Å². The van der Waals surface area contributed by atoms with Crippen molar-refractivity contribution in [2.75, 3.05) is 0 Å². The number of aliphatic hydroxyl groups excluding tert-OH is 1. The topological polar surface area (TPSA) is 33.1 Å². The fourth-order valence-electron chi connectivity index (χ4n) is 4.92. The molecule has 1 aromatic rings. The second kappa shape index (κ2) is 4.56. The molecule has 0 aliphatic heterocycles. The van der Waals surface area contributed by atoms with E-state index in [-0.39, 0.29) is 6.10 Å². The zero-order valence-electron chi connectivity index (χ0n) is 13.2. The summed E-state index contributed by atoms with van der Waals surface area (Å²) in [5, 5.41) is 10.8. The van der Waals surface area contributed by atoms with E-state index in [1.165, 1.54) is 19.3 Å². The van der Waals surface area contributed by atoms with Gasteiger partial charge in [-0.1, -0.05) is 26.8 Å². The third-order valence-corrected chi connectivity index (χ3v) is 6.69. The minimum Gasteiger partial charge on any atom is -0.392 e. The van der Waals surface area contributed by atoms with Crippen molar-refractivity contribution in [2.45, 2.75) is 59.5 Å². The van der Waals surface area contributed by atoms with Gasteiger partial charge in [0.1, 0.15) is 0 Å². The normalized spacial score (nSPS) is 36.2. The number of rotatable bonds is 3. The van der Waals surface area contributed by atoms with Crippen LogP contribution in [0.15, 0.2) is 18.2 Å². The van der Waals surface area contributed by atoms with Crippen molar-refractivity contribution < 1.29 is 5.11 Å². The number of fused-ring (bicyclic) bond motifs is 2. The summed E-state index contributed by atoms with van der Waals surface area (Å²) in [5.74, 6) is 1.22. The lowest BCUT2D eigenvalue weighted by Gasteiger charge is -2.41. The summed E-state index contributed by atoms with van der Waals surface area (Å²) in [6.07, 6.45) is 4.25. The fourth-order valence-corrected chi connectivity index (χ4v) is 4.92. The predicted octanol–water partition coefficient (Wildman–Crippen LogP) is 3.76. The minimum absolute atomic E-state index is 0.251. The summed E-state index contributed by atoms with van der Waals surface area (Å²) in [6.45, 7) is 9.22. The first-order valence-corrected chi connectivity index (χ1v) is 7.95. The maximum absolute atomic E-state index is 10.8. The van der Waals surface area contributed by atoms with Crippen molar-refractivity contribution in [2.24, 2.45) is 22.7 Å². The number of aromatic nitrogens is 1. The molecule has 1 aromatic heterocycles. The third-order valence-electron chi connectivity index (χ3n) is 6.69. The summed E-state index contributed by atoms with van der Waals surface area (Å²) in [5.41, 5.74) is 2.73. The summed E-state index contributed by atoms with van der Waals surface area (Å²) in [6, 6.07) is 6.09. The van der Waals surface area contributed by atoms with Gasteiger partial charge in [0.15, 0.2) is 0 Å². The smallest absolute Gasteiger partial charge is 0.0629 e. The second-order valence-electron chi connectivity index (χ2n) is 7.76. The maximum atomic E-state index is 10.8. The summed E-state index contributed by atoms with van der Waals surface area (Å²) >= 11 is 0. The number of pyridine rings is 1. The highest BCUT2D eigenvalue weighted by atomic mass is 16.3. The third kappa shape index (κ3) is 1.92. The molecule has 0 spiro atoms. The first-order valence-electron chi connectivity index (χ1n) is 7.95. The highest BCUT2D eigenvalue weighted by molar-refractivity contribution is 5.15. The van der Waals surface area contributed by atoms with E-state index in [2.05, 4.69) is 25.8 Å². The fraction of sp³-hybridized carbons (Fsp3) is 0.722. The quantitative estimate of drug-likeness (QED) is 0.909. The van der Waals surface area contributed by atoms with Crippen molar-refractivity contribution in [3.63, 3.8) is 0 Å². The van der Waals surface area contributed by atoms with Crippen molar-refractivity contribution in [1.82, 2.24) is 4.98 Å². The van der Waals surface area contributed by atoms with E-state index in [1.54, 1.807) is 0 Å². The first kappa shape index (κ1) is 14.1. The molecule has 2 saturated carbocycles. The van der Waals surface area contributed by atoms with E-state index in [1.807, 2.05) is 25.1 Å². The van der Waals surface area contributed by atoms with Crippen LogP contribution >= 0.6 is 0 Å². The molecule has 2 heteroatoms. The molecule has 2 bridgehead atoms. The lowest BCUT2D eigenvalue weighted by molar-refractivity contribution is 0.00513. The molecule has 2 aliphatic carbocycles. The van der Waals surface area contributed by atoms with Crippen LogP contribution in [0.3, 0.4) is 0 Å². The molecule has 0 radical (unpaired) electrons. The number of aliphatic hydroxyl groups is 1. The molecule has 0 amide bonds. The Morgan fingerprint density at radius 3 is 2.65 bits per heavy atom. The van der Waals surface area contributed by atoms with E-state index in [0.29, 0.717) is 23.2 Å². The number of nitrogens with zero attached hydrogens (tertiary/aromatic N) is 1. The lowest BCUT2D eigenvalue weighted by Crippen LogP contribution is -2.39. The van der Waals surface area contributed by atoms with E-state index in [9.17, 15) is 5.11 Å². The molecule has 4 atom stereocenters.